The first kappa shape index (κ1) is 37.7. The molecule has 2 aliphatic carbocycles. The van der Waals surface area contributed by atoms with Crippen LogP contribution in [0.2, 0.25) is 0 Å². The topological polar surface area (TPSA) is 12.5 Å². The molecule has 5 aliphatic rings. The molecule has 2 spiro atoms. The van der Waals surface area contributed by atoms with Gasteiger partial charge in [-0.2, -0.15) is 0 Å². The molecule has 1 unspecified atom stereocenters. The summed E-state index contributed by atoms with van der Waals surface area (Å²) in [6.45, 7) is 0. The van der Waals surface area contributed by atoms with Gasteiger partial charge < -0.3 is 9.64 Å². The van der Waals surface area contributed by atoms with Gasteiger partial charge in [-0.15, -0.1) is 0 Å². The summed E-state index contributed by atoms with van der Waals surface area (Å²) in [7, 11) is 0. The van der Waals surface area contributed by atoms with Gasteiger partial charge >= 0.3 is 0 Å². The van der Waals surface area contributed by atoms with Gasteiger partial charge in [0.15, 0.2) is 0 Å². The first-order valence-corrected chi connectivity index (χ1v) is 24.7. The van der Waals surface area contributed by atoms with Crippen molar-refractivity contribution in [2.45, 2.75) is 20.6 Å². The molecule has 11 aromatic carbocycles. The number of hydrogen-bond donors (Lipinski definition) is 0. The van der Waals surface area contributed by atoms with Gasteiger partial charge in [0.2, 0.25) is 0 Å². The molecule has 16 rings (SSSR count). The molecule has 0 saturated heterocycles. The number of rotatable bonds is 2. The number of ether oxygens (including phenoxy) is 1. The minimum Gasteiger partial charge on any atom is -0.457 e. The smallest absolute Gasteiger partial charge is 0.132 e. The summed E-state index contributed by atoms with van der Waals surface area (Å²) in [5.74, 6) is 1.78. The average molecular weight is 894 g/mol. The third-order valence-corrected chi connectivity index (χ3v) is 17.1. The van der Waals surface area contributed by atoms with Gasteiger partial charge in [0, 0.05) is 37.6 Å². The Balaban J connectivity index is 1.07. The second-order valence-electron chi connectivity index (χ2n) is 19.0. The number of nitrogens with zero attached hydrogens (tertiary/aromatic N) is 1. The van der Waals surface area contributed by atoms with Crippen LogP contribution < -0.4 is 9.64 Å². The van der Waals surface area contributed by atoms with E-state index in [1.165, 1.54) is 98.5 Å². The van der Waals surface area contributed by atoms with Crippen molar-refractivity contribution < 1.29 is 4.74 Å². The van der Waals surface area contributed by atoms with Crippen molar-refractivity contribution in [1.29, 1.82) is 0 Å². The van der Waals surface area contributed by atoms with Crippen molar-refractivity contribution in [3.63, 3.8) is 0 Å². The molecule has 3 heteroatoms. The van der Waals surface area contributed by atoms with Gasteiger partial charge in [-0.3, -0.25) is 0 Å². The maximum Gasteiger partial charge on any atom is 0.132 e. The highest BCUT2D eigenvalue weighted by Gasteiger charge is 2.53. The maximum absolute atomic E-state index is 6.79. The Kier molecular flexibility index (Phi) is 7.45. The molecular weight excluding hydrogens is 855 g/mol. The van der Waals surface area contributed by atoms with Crippen LogP contribution in [-0.4, -0.2) is 0 Å². The zero-order valence-corrected chi connectivity index (χ0v) is 38.1. The molecule has 0 radical (unpaired) electrons. The molecule has 11 aromatic rings. The van der Waals surface area contributed by atoms with Crippen LogP contribution in [0.15, 0.2) is 246 Å². The van der Waals surface area contributed by atoms with Crippen molar-refractivity contribution in [1.82, 2.24) is 0 Å². The molecule has 1 atom stereocenters. The third kappa shape index (κ3) is 4.73. The van der Waals surface area contributed by atoms with Gasteiger partial charge in [-0.25, -0.2) is 0 Å². The predicted octanol–water partition coefficient (Wildman–Crippen LogP) is 17.3. The summed E-state index contributed by atoms with van der Waals surface area (Å²) in [5.41, 5.74) is 22.3. The number of hydrogen-bond acceptors (Lipinski definition) is 3. The van der Waals surface area contributed by atoms with E-state index in [9.17, 15) is 0 Å². The molecule has 0 saturated carbocycles. The zero-order chi connectivity index (χ0) is 45.0. The summed E-state index contributed by atoms with van der Waals surface area (Å²) in [4.78, 5) is 5.20. The van der Waals surface area contributed by atoms with E-state index in [1.54, 1.807) is 0 Å². The minimum atomic E-state index is -0.621. The molecule has 0 N–H and O–H groups in total. The highest BCUT2D eigenvalue weighted by atomic mass is 32.2. The van der Waals surface area contributed by atoms with E-state index < -0.39 is 10.8 Å². The lowest BCUT2D eigenvalue weighted by Gasteiger charge is -2.41. The Morgan fingerprint density at radius 2 is 0.913 bits per heavy atom. The fourth-order valence-corrected chi connectivity index (χ4v) is 14.4. The summed E-state index contributed by atoms with van der Waals surface area (Å²) < 4.78 is 6.79. The van der Waals surface area contributed by atoms with Crippen molar-refractivity contribution in [3.05, 3.63) is 281 Å². The van der Waals surface area contributed by atoms with E-state index in [2.05, 4.69) is 241 Å². The normalized spacial score (nSPS) is 16.3. The lowest BCUT2D eigenvalue weighted by atomic mass is 9.66. The fraction of sp³-hybridized carbons (Fsp3) is 0.0303. The minimum absolute atomic E-state index is 0.558. The van der Waals surface area contributed by atoms with E-state index in [1.807, 2.05) is 11.8 Å². The second-order valence-corrected chi connectivity index (χ2v) is 20.1. The molecule has 3 aliphatic heterocycles. The standard InChI is InChI=1S/C66H39NOS/c1-2-16-40(17-3-1)41-30-34-58-49(36-41)42-31-35-63-56(37-42)66(54-26-12-15-29-62(54)69-63)51-23-9-7-21-48(51)64-47-20-5-4-19-46(47)59(39-57(64)66)67(58)43-32-33-45-44-18-6-8-22-50(44)65(55(45)38-43)52-24-10-13-27-60(52)68-61-28-14-11-25-53(61)65/h1-39H. The molecule has 0 amide bonds. The lowest BCUT2D eigenvalue weighted by Crippen LogP contribution is -2.32. The van der Waals surface area contributed by atoms with E-state index in [0.29, 0.717) is 0 Å². The molecular formula is C66H39NOS. The first-order chi connectivity index (χ1) is 34.2. The number of benzene rings is 11. The Labute approximate surface area is 404 Å². The van der Waals surface area contributed by atoms with Crippen LogP contribution >= 0.6 is 11.8 Å². The Hall–Kier alpha value is -8.37. The van der Waals surface area contributed by atoms with Gasteiger partial charge in [-0.1, -0.05) is 188 Å². The molecule has 69 heavy (non-hydrogen) atoms. The van der Waals surface area contributed by atoms with Crippen LogP contribution in [0.4, 0.5) is 17.1 Å². The van der Waals surface area contributed by atoms with Gasteiger partial charge in [0.1, 0.15) is 11.5 Å². The van der Waals surface area contributed by atoms with Crippen molar-refractivity contribution in [3.8, 4) is 56.0 Å². The van der Waals surface area contributed by atoms with Crippen LogP contribution in [0, 0.1) is 0 Å². The Morgan fingerprint density at radius 1 is 0.319 bits per heavy atom. The molecule has 2 nitrogen and oxygen atoms in total. The highest BCUT2D eigenvalue weighted by Crippen LogP contribution is 2.67. The number of para-hydroxylation sites is 2. The van der Waals surface area contributed by atoms with Crippen LogP contribution in [0.3, 0.4) is 0 Å². The summed E-state index contributed by atoms with van der Waals surface area (Å²) in [5, 5.41) is 2.47. The van der Waals surface area contributed by atoms with Gasteiger partial charge in [-0.05, 0) is 138 Å². The predicted molar refractivity (Wildman–Crippen MR) is 282 cm³/mol. The van der Waals surface area contributed by atoms with E-state index in [4.69, 9.17) is 4.74 Å². The molecule has 320 valence electrons. The third-order valence-electron chi connectivity index (χ3n) is 15.9. The first-order valence-electron chi connectivity index (χ1n) is 23.9. The summed E-state index contributed by atoms with van der Waals surface area (Å²) in [6.07, 6.45) is 0. The van der Waals surface area contributed by atoms with Crippen molar-refractivity contribution in [2.24, 2.45) is 0 Å². The van der Waals surface area contributed by atoms with Crippen LogP contribution in [0.5, 0.6) is 11.5 Å². The van der Waals surface area contributed by atoms with Gasteiger partial charge in [0.25, 0.3) is 0 Å². The van der Waals surface area contributed by atoms with E-state index in [-0.39, 0.29) is 0 Å². The Morgan fingerprint density at radius 3 is 1.71 bits per heavy atom. The molecule has 0 fully saturated rings. The fourth-order valence-electron chi connectivity index (χ4n) is 13.3. The zero-order valence-electron chi connectivity index (χ0n) is 37.3. The quantitative estimate of drug-likeness (QED) is 0.172. The number of fused-ring (bicyclic) bond motifs is 19. The highest BCUT2D eigenvalue weighted by molar-refractivity contribution is 7.99. The monoisotopic (exact) mass is 893 g/mol. The maximum atomic E-state index is 6.79. The molecule has 4 bridgehead atoms. The summed E-state index contributed by atoms with van der Waals surface area (Å²) in [6, 6.07) is 89.1. The molecule has 0 aromatic heterocycles. The van der Waals surface area contributed by atoms with Crippen LogP contribution in [0.1, 0.15) is 44.5 Å². The number of anilines is 3. The van der Waals surface area contributed by atoms with Crippen molar-refractivity contribution >= 4 is 39.6 Å². The van der Waals surface area contributed by atoms with Crippen LogP contribution in [0.25, 0.3) is 55.3 Å². The average Bonchev–Trinajstić information content (AvgIpc) is 3.87. The largest absolute Gasteiger partial charge is 0.457 e. The van der Waals surface area contributed by atoms with Crippen molar-refractivity contribution in [2.75, 3.05) is 4.90 Å². The molecule has 3 heterocycles. The second kappa shape index (κ2) is 13.6. The van der Waals surface area contributed by atoms with Crippen LogP contribution in [-0.2, 0) is 10.8 Å². The van der Waals surface area contributed by atoms with Gasteiger partial charge in [0.05, 0.1) is 22.2 Å². The SMILES string of the molecule is c1ccc(-c2ccc3c(c2)-c2ccc4c(c2)C2(c5ccccc5S4)c4ccccc4-c4c2cc(c2ccccc42)N3c2ccc3c(c2)C2(c4ccccc4Oc4ccccc42)c2ccccc2-3)cc1. The van der Waals surface area contributed by atoms with E-state index >= 15 is 0 Å². The summed E-state index contributed by atoms with van der Waals surface area (Å²) >= 11 is 1.90. The van der Waals surface area contributed by atoms with E-state index in [0.717, 1.165) is 39.7 Å². The lowest BCUT2D eigenvalue weighted by molar-refractivity contribution is 0.436. The Bertz CT molecular complexity index is 4010.